The first kappa shape index (κ1) is 23.7. The first-order chi connectivity index (χ1) is 16.4. The molecule has 3 aromatic rings. The molecule has 1 fully saturated rings. The van der Waals surface area contributed by atoms with Gasteiger partial charge in [-0.2, -0.15) is 0 Å². The van der Waals surface area contributed by atoms with Gasteiger partial charge < -0.3 is 24.6 Å². The van der Waals surface area contributed by atoms with Gasteiger partial charge in [0.2, 0.25) is 5.91 Å². The van der Waals surface area contributed by atoms with E-state index in [9.17, 15) is 9.59 Å². The molecule has 34 heavy (non-hydrogen) atoms. The maximum Gasteiger partial charge on any atom is 0.252 e. The van der Waals surface area contributed by atoms with E-state index in [1.165, 1.54) is 14.2 Å². The van der Waals surface area contributed by atoms with Crippen molar-refractivity contribution in [2.24, 2.45) is 5.92 Å². The number of anilines is 1. The quantitative estimate of drug-likeness (QED) is 0.552. The molecule has 2 amide bonds. The first-order valence-electron chi connectivity index (χ1n) is 11.2. The number of methoxy groups -OCH3 is 2. The van der Waals surface area contributed by atoms with E-state index in [2.05, 4.69) is 20.2 Å². The van der Waals surface area contributed by atoms with Gasteiger partial charge in [0, 0.05) is 44.0 Å². The minimum atomic E-state index is -0.636. The standard InChI is InChI=1S/C24H29N5O4S/c1-15(2)20(27-21(30)16-12-17(32-3)14-18(13-16)33-4)23(31)28-8-10-29(11-9-28)24-26-19-6-5-7-25-22(19)34-24/h5-7,12-15,20H,8-11H2,1-4H3,(H,27,30). The minimum Gasteiger partial charge on any atom is -0.497 e. The van der Waals surface area contributed by atoms with Gasteiger partial charge in [-0.05, 0) is 30.2 Å². The molecular weight excluding hydrogens is 454 g/mol. The number of carbonyl (C=O) groups excluding carboxylic acids is 2. The second-order valence-electron chi connectivity index (χ2n) is 8.43. The third kappa shape index (κ3) is 5.06. The number of nitrogens with zero attached hydrogens (tertiary/aromatic N) is 4. The molecule has 0 spiro atoms. The Morgan fingerprint density at radius 1 is 1.06 bits per heavy atom. The summed E-state index contributed by atoms with van der Waals surface area (Å²) >= 11 is 1.56. The van der Waals surface area contributed by atoms with E-state index in [0.717, 1.165) is 15.5 Å². The maximum atomic E-state index is 13.4. The summed E-state index contributed by atoms with van der Waals surface area (Å²) in [4.78, 5) is 40.3. The lowest BCUT2D eigenvalue weighted by molar-refractivity contribution is -0.134. The molecule has 1 aliphatic heterocycles. The van der Waals surface area contributed by atoms with Crippen LogP contribution in [0.3, 0.4) is 0 Å². The van der Waals surface area contributed by atoms with E-state index < -0.39 is 6.04 Å². The molecule has 2 aromatic heterocycles. The van der Waals surface area contributed by atoms with Crippen molar-refractivity contribution >= 4 is 38.6 Å². The minimum absolute atomic E-state index is 0.0719. The lowest BCUT2D eigenvalue weighted by Gasteiger charge is -2.37. The number of piperazine rings is 1. The van der Waals surface area contributed by atoms with Crippen molar-refractivity contribution in [1.82, 2.24) is 20.2 Å². The van der Waals surface area contributed by atoms with Crippen LogP contribution in [-0.2, 0) is 4.79 Å². The molecule has 9 nitrogen and oxygen atoms in total. The number of pyridine rings is 1. The lowest BCUT2D eigenvalue weighted by Crippen LogP contribution is -2.56. The van der Waals surface area contributed by atoms with Gasteiger partial charge in [0.1, 0.15) is 27.9 Å². The van der Waals surface area contributed by atoms with Crippen molar-refractivity contribution in [3.63, 3.8) is 0 Å². The van der Waals surface area contributed by atoms with E-state index >= 15 is 0 Å². The molecule has 1 aliphatic rings. The summed E-state index contributed by atoms with van der Waals surface area (Å²) in [7, 11) is 3.06. The number of thiazole rings is 1. The van der Waals surface area contributed by atoms with Crippen molar-refractivity contribution in [1.29, 1.82) is 0 Å². The SMILES string of the molecule is COc1cc(OC)cc(C(=O)NC(C(=O)N2CCN(c3nc4cccnc4s3)CC2)C(C)C)c1. The highest BCUT2D eigenvalue weighted by atomic mass is 32.1. The molecule has 1 atom stereocenters. The topological polar surface area (TPSA) is 96.9 Å². The number of rotatable bonds is 7. The van der Waals surface area contributed by atoms with Crippen LogP contribution in [0.2, 0.25) is 0 Å². The number of amides is 2. The smallest absolute Gasteiger partial charge is 0.252 e. The Balaban J connectivity index is 1.42. The summed E-state index contributed by atoms with van der Waals surface area (Å²) in [5, 5.41) is 3.84. The summed E-state index contributed by atoms with van der Waals surface area (Å²) in [6, 6.07) is 8.16. The van der Waals surface area contributed by atoms with Gasteiger partial charge in [0.15, 0.2) is 5.13 Å². The Labute approximate surface area is 202 Å². The predicted octanol–water partition coefficient (Wildman–Crippen LogP) is 2.81. The van der Waals surface area contributed by atoms with E-state index in [0.29, 0.717) is 43.2 Å². The molecule has 0 bridgehead atoms. The van der Waals surface area contributed by atoms with E-state index in [-0.39, 0.29) is 17.7 Å². The molecular formula is C24H29N5O4S. The molecule has 1 unspecified atom stereocenters. The summed E-state index contributed by atoms with van der Waals surface area (Å²) in [6.07, 6.45) is 1.77. The number of nitrogens with one attached hydrogen (secondary N) is 1. The fraction of sp³-hybridized carbons (Fsp3) is 0.417. The van der Waals surface area contributed by atoms with Crippen molar-refractivity contribution in [3.8, 4) is 11.5 Å². The molecule has 1 saturated heterocycles. The number of hydrogen-bond acceptors (Lipinski definition) is 8. The zero-order valence-corrected chi connectivity index (χ0v) is 20.6. The van der Waals surface area contributed by atoms with Gasteiger partial charge in [-0.15, -0.1) is 0 Å². The van der Waals surface area contributed by atoms with Crippen LogP contribution in [0.1, 0.15) is 24.2 Å². The van der Waals surface area contributed by atoms with E-state index in [4.69, 9.17) is 9.47 Å². The van der Waals surface area contributed by atoms with Crippen LogP contribution >= 0.6 is 11.3 Å². The predicted molar refractivity (Wildman–Crippen MR) is 132 cm³/mol. The lowest BCUT2D eigenvalue weighted by atomic mass is 10.0. The number of fused-ring (bicyclic) bond motifs is 1. The molecule has 0 aliphatic carbocycles. The highest BCUT2D eigenvalue weighted by Crippen LogP contribution is 2.28. The van der Waals surface area contributed by atoms with E-state index in [1.54, 1.807) is 35.7 Å². The summed E-state index contributed by atoms with van der Waals surface area (Å²) in [5.74, 6) is 0.530. The Hall–Kier alpha value is -3.40. The zero-order valence-electron chi connectivity index (χ0n) is 19.8. The van der Waals surface area contributed by atoms with Crippen molar-refractivity contribution in [2.75, 3.05) is 45.3 Å². The van der Waals surface area contributed by atoms with Crippen LogP contribution in [0.5, 0.6) is 11.5 Å². The molecule has 1 N–H and O–H groups in total. The fourth-order valence-corrected chi connectivity index (χ4v) is 4.85. The van der Waals surface area contributed by atoms with Gasteiger partial charge >= 0.3 is 0 Å². The van der Waals surface area contributed by atoms with Crippen LogP contribution in [0.15, 0.2) is 36.5 Å². The van der Waals surface area contributed by atoms with Crippen LogP contribution < -0.4 is 19.7 Å². The largest absolute Gasteiger partial charge is 0.497 e. The Morgan fingerprint density at radius 2 is 1.74 bits per heavy atom. The number of ether oxygens (including phenoxy) is 2. The number of benzene rings is 1. The molecule has 4 rings (SSSR count). The molecule has 3 heterocycles. The molecule has 0 saturated carbocycles. The molecule has 10 heteroatoms. The van der Waals surface area contributed by atoms with Crippen molar-refractivity contribution in [2.45, 2.75) is 19.9 Å². The first-order valence-corrected chi connectivity index (χ1v) is 12.0. The Morgan fingerprint density at radius 3 is 2.32 bits per heavy atom. The van der Waals surface area contributed by atoms with E-state index in [1.807, 2.05) is 30.9 Å². The fourth-order valence-electron chi connectivity index (χ4n) is 3.89. The van der Waals surface area contributed by atoms with Gasteiger partial charge in [-0.25, -0.2) is 9.97 Å². The summed E-state index contributed by atoms with van der Waals surface area (Å²) < 4.78 is 10.5. The second kappa shape index (κ2) is 10.3. The molecule has 1 aromatic carbocycles. The summed E-state index contributed by atoms with van der Waals surface area (Å²) in [5.41, 5.74) is 1.27. The number of aromatic nitrogens is 2. The molecule has 0 radical (unpaired) electrons. The Kier molecular flexibility index (Phi) is 7.16. The van der Waals surface area contributed by atoms with Crippen molar-refractivity contribution < 1.29 is 19.1 Å². The number of carbonyl (C=O) groups is 2. The zero-order chi connectivity index (χ0) is 24.2. The van der Waals surface area contributed by atoms with Gasteiger partial charge in [0.25, 0.3) is 5.91 Å². The van der Waals surface area contributed by atoms with Gasteiger partial charge in [-0.1, -0.05) is 25.2 Å². The Bertz CT molecular complexity index is 1120. The monoisotopic (exact) mass is 483 g/mol. The van der Waals surface area contributed by atoms with Gasteiger partial charge in [-0.3, -0.25) is 9.59 Å². The van der Waals surface area contributed by atoms with Crippen LogP contribution in [-0.4, -0.2) is 73.1 Å². The highest BCUT2D eigenvalue weighted by molar-refractivity contribution is 7.21. The summed E-state index contributed by atoms with van der Waals surface area (Å²) in [6.45, 7) is 6.34. The van der Waals surface area contributed by atoms with Crippen LogP contribution in [0.4, 0.5) is 5.13 Å². The third-order valence-electron chi connectivity index (χ3n) is 5.85. The highest BCUT2D eigenvalue weighted by Gasteiger charge is 2.31. The third-order valence-corrected chi connectivity index (χ3v) is 6.89. The maximum absolute atomic E-state index is 13.4. The number of hydrogen-bond donors (Lipinski definition) is 1. The van der Waals surface area contributed by atoms with Crippen molar-refractivity contribution in [3.05, 3.63) is 42.1 Å². The normalized spacial score (nSPS) is 14.9. The average Bonchev–Trinajstić information content (AvgIpc) is 3.30. The van der Waals surface area contributed by atoms with Gasteiger partial charge in [0.05, 0.1) is 14.2 Å². The second-order valence-corrected chi connectivity index (χ2v) is 9.39. The average molecular weight is 484 g/mol. The van der Waals surface area contributed by atoms with Crippen LogP contribution in [0.25, 0.3) is 10.3 Å². The molecule has 180 valence electrons. The van der Waals surface area contributed by atoms with Crippen LogP contribution in [0, 0.1) is 5.92 Å².